The topological polar surface area (TPSA) is 86.7 Å². The maximum Gasteiger partial charge on any atom is 0.352 e. The van der Waals surface area contributed by atoms with Gasteiger partial charge in [0.15, 0.2) is 0 Å². The van der Waals surface area contributed by atoms with E-state index in [9.17, 15) is 19.5 Å². The summed E-state index contributed by atoms with van der Waals surface area (Å²) in [6, 6.07) is 8.59. The lowest BCUT2D eigenvalue weighted by molar-refractivity contribution is -0.150. The van der Waals surface area contributed by atoms with Crippen LogP contribution in [0.15, 0.2) is 53.3 Å². The number of allylic oxidation sites excluding steroid dienone is 2. The van der Waals surface area contributed by atoms with Crippen molar-refractivity contribution in [2.75, 3.05) is 5.75 Å². The Labute approximate surface area is 155 Å². The van der Waals surface area contributed by atoms with Gasteiger partial charge in [0.05, 0.1) is 6.42 Å². The van der Waals surface area contributed by atoms with Crippen LogP contribution in [0.2, 0.25) is 0 Å². The van der Waals surface area contributed by atoms with E-state index in [1.54, 1.807) is 6.08 Å². The molecule has 1 unspecified atom stereocenters. The number of aliphatic carboxylic acids is 1. The summed E-state index contributed by atoms with van der Waals surface area (Å²) in [6.45, 7) is 3.77. The molecule has 0 spiro atoms. The van der Waals surface area contributed by atoms with Crippen LogP contribution < -0.4 is 5.32 Å². The number of carboxylic acid groups (broad SMARTS) is 1. The monoisotopic (exact) mass is 372 g/mol. The predicted molar refractivity (Wildman–Crippen MR) is 99.3 cm³/mol. The Hall–Kier alpha value is -2.54. The molecule has 2 aliphatic heterocycles. The number of amides is 2. The molecular weight excluding hydrogens is 352 g/mol. The molecule has 0 bridgehead atoms. The molecule has 2 atom stereocenters. The van der Waals surface area contributed by atoms with E-state index in [4.69, 9.17) is 0 Å². The maximum absolute atomic E-state index is 12.5. The molecule has 2 aliphatic rings. The van der Waals surface area contributed by atoms with Gasteiger partial charge in [-0.15, -0.1) is 11.8 Å². The fraction of sp³-hybridized carbons (Fsp3) is 0.316. The molecule has 0 aliphatic carbocycles. The van der Waals surface area contributed by atoms with Crippen molar-refractivity contribution in [2.24, 2.45) is 0 Å². The summed E-state index contributed by atoms with van der Waals surface area (Å²) in [5.41, 5.74) is 2.48. The molecular formula is C19H20N2O4S. The van der Waals surface area contributed by atoms with Gasteiger partial charge in [-0.25, -0.2) is 4.79 Å². The third kappa shape index (κ3) is 3.53. The first-order valence-electron chi connectivity index (χ1n) is 8.28. The second kappa shape index (κ2) is 7.37. The third-order valence-electron chi connectivity index (χ3n) is 4.19. The van der Waals surface area contributed by atoms with Gasteiger partial charge < -0.3 is 10.4 Å². The summed E-state index contributed by atoms with van der Waals surface area (Å²) in [7, 11) is 0. The van der Waals surface area contributed by atoms with E-state index in [2.05, 4.69) is 5.32 Å². The van der Waals surface area contributed by atoms with Gasteiger partial charge >= 0.3 is 5.97 Å². The van der Waals surface area contributed by atoms with Crippen molar-refractivity contribution in [1.29, 1.82) is 0 Å². The predicted octanol–water partition coefficient (Wildman–Crippen LogP) is 1.93. The molecule has 2 amide bonds. The van der Waals surface area contributed by atoms with Crippen LogP contribution in [-0.4, -0.2) is 45.0 Å². The minimum Gasteiger partial charge on any atom is -0.477 e. The van der Waals surface area contributed by atoms with Gasteiger partial charge in [-0.3, -0.25) is 14.5 Å². The number of hydrogen-bond acceptors (Lipinski definition) is 4. The first kappa shape index (κ1) is 18.3. The molecule has 1 aromatic rings. The fourth-order valence-electron chi connectivity index (χ4n) is 3.11. The highest BCUT2D eigenvalue weighted by Gasteiger charge is 2.53. The van der Waals surface area contributed by atoms with Crippen LogP contribution in [0.5, 0.6) is 0 Å². The van der Waals surface area contributed by atoms with E-state index in [0.29, 0.717) is 11.3 Å². The van der Waals surface area contributed by atoms with E-state index < -0.39 is 12.0 Å². The summed E-state index contributed by atoms with van der Waals surface area (Å²) in [5.74, 6) is -1.25. The highest BCUT2D eigenvalue weighted by Crippen LogP contribution is 2.40. The average Bonchev–Trinajstić information content (AvgIpc) is 2.59. The zero-order valence-corrected chi connectivity index (χ0v) is 15.4. The van der Waals surface area contributed by atoms with Crippen molar-refractivity contribution in [3.63, 3.8) is 0 Å². The number of hydrogen-bond donors (Lipinski definition) is 2. The van der Waals surface area contributed by atoms with Crippen molar-refractivity contribution in [2.45, 2.75) is 31.7 Å². The highest BCUT2D eigenvalue weighted by atomic mass is 32.2. The Morgan fingerprint density at radius 2 is 2.00 bits per heavy atom. The Balaban J connectivity index is 1.73. The number of carboxylic acids is 1. The zero-order chi connectivity index (χ0) is 18.8. The first-order chi connectivity index (χ1) is 12.4. The van der Waals surface area contributed by atoms with Gasteiger partial charge in [-0.2, -0.15) is 0 Å². The van der Waals surface area contributed by atoms with Crippen LogP contribution in [0, 0.1) is 0 Å². The molecule has 6 nitrogen and oxygen atoms in total. The number of nitrogens with one attached hydrogen (secondary N) is 1. The number of carbonyl (C=O) groups excluding carboxylic acids is 2. The lowest BCUT2D eigenvalue weighted by Gasteiger charge is -2.49. The number of nitrogens with zero attached hydrogens (tertiary/aromatic N) is 1. The van der Waals surface area contributed by atoms with Gasteiger partial charge in [-0.1, -0.05) is 42.0 Å². The molecule has 0 aromatic heterocycles. The molecule has 2 heterocycles. The first-order valence-corrected chi connectivity index (χ1v) is 9.32. The molecule has 1 aromatic carbocycles. The van der Waals surface area contributed by atoms with Gasteiger partial charge in [-0.05, 0) is 25.0 Å². The number of thioether (sulfide) groups is 1. The number of carbonyl (C=O) groups is 3. The Morgan fingerprint density at radius 3 is 2.62 bits per heavy atom. The Kier molecular flexibility index (Phi) is 5.18. The highest BCUT2D eigenvalue weighted by molar-refractivity contribution is 8.00. The Morgan fingerprint density at radius 1 is 1.31 bits per heavy atom. The van der Waals surface area contributed by atoms with E-state index in [1.807, 2.05) is 44.2 Å². The van der Waals surface area contributed by atoms with Crippen molar-refractivity contribution >= 4 is 29.5 Å². The fourth-order valence-corrected chi connectivity index (χ4v) is 4.41. The lowest BCUT2D eigenvalue weighted by atomic mass is 10.0. The maximum atomic E-state index is 12.5. The smallest absolute Gasteiger partial charge is 0.352 e. The van der Waals surface area contributed by atoms with Crippen LogP contribution in [0.1, 0.15) is 19.4 Å². The molecule has 1 saturated heterocycles. The molecule has 3 rings (SSSR count). The number of benzene rings is 1. The molecule has 2 N–H and O–H groups in total. The summed E-state index contributed by atoms with van der Waals surface area (Å²) in [5, 5.41) is 11.9. The van der Waals surface area contributed by atoms with Crippen LogP contribution >= 0.6 is 11.8 Å². The summed E-state index contributed by atoms with van der Waals surface area (Å²) in [6.07, 6.45) is 1.98. The van der Waals surface area contributed by atoms with Crippen LogP contribution in [0.4, 0.5) is 0 Å². The largest absolute Gasteiger partial charge is 0.477 e. The van der Waals surface area contributed by atoms with E-state index >= 15 is 0 Å². The van der Waals surface area contributed by atoms with Crippen LogP contribution in [0.25, 0.3) is 0 Å². The third-order valence-corrected chi connectivity index (χ3v) is 5.49. The van der Waals surface area contributed by atoms with Crippen molar-refractivity contribution in [3.05, 3.63) is 58.8 Å². The summed E-state index contributed by atoms with van der Waals surface area (Å²) >= 11 is 1.47. The lowest BCUT2D eigenvalue weighted by Crippen LogP contribution is -2.70. The number of β-lactam (4-membered cyclic amide) rings is 1. The SMILES string of the molecule is CC(C)=CC1=C(C(=O)O)N2C(=O)C(NC(=O)Cc3ccccc3)[C@@H]2SC1. The molecule has 7 heteroatoms. The number of fused-ring (bicyclic) bond motifs is 1. The standard InChI is InChI=1S/C19H20N2O4S/c1-11(2)8-13-10-26-18-15(17(23)21(18)16(13)19(24)25)20-14(22)9-12-6-4-3-5-7-12/h3-8,15,18H,9-10H2,1-2H3,(H,20,22)(H,24,25)/t15?,18-/m0/s1. The summed E-state index contributed by atoms with van der Waals surface area (Å²) < 4.78 is 0. The minimum atomic E-state index is -1.12. The average molecular weight is 372 g/mol. The molecule has 0 saturated carbocycles. The van der Waals surface area contributed by atoms with E-state index in [-0.39, 0.29) is 29.3 Å². The summed E-state index contributed by atoms with van der Waals surface area (Å²) in [4.78, 5) is 37.7. The van der Waals surface area contributed by atoms with Crippen molar-refractivity contribution in [3.8, 4) is 0 Å². The van der Waals surface area contributed by atoms with Gasteiger partial charge in [0.25, 0.3) is 5.91 Å². The molecule has 0 radical (unpaired) electrons. The molecule has 1 fully saturated rings. The molecule has 136 valence electrons. The van der Waals surface area contributed by atoms with E-state index in [0.717, 1.165) is 11.1 Å². The quantitative estimate of drug-likeness (QED) is 0.772. The van der Waals surface area contributed by atoms with Crippen molar-refractivity contribution < 1.29 is 19.5 Å². The molecule has 26 heavy (non-hydrogen) atoms. The zero-order valence-electron chi connectivity index (χ0n) is 14.6. The normalized spacial score (nSPS) is 21.6. The minimum absolute atomic E-state index is 0.0218. The number of rotatable bonds is 5. The Bertz CT molecular complexity index is 812. The van der Waals surface area contributed by atoms with Crippen molar-refractivity contribution in [1.82, 2.24) is 10.2 Å². The van der Waals surface area contributed by atoms with Crippen LogP contribution in [-0.2, 0) is 20.8 Å². The van der Waals surface area contributed by atoms with Gasteiger partial charge in [0.2, 0.25) is 5.91 Å². The van der Waals surface area contributed by atoms with Crippen LogP contribution in [0.3, 0.4) is 0 Å². The van der Waals surface area contributed by atoms with E-state index in [1.165, 1.54) is 16.7 Å². The van der Waals surface area contributed by atoms with Gasteiger partial charge in [0.1, 0.15) is 17.1 Å². The van der Waals surface area contributed by atoms with Gasteiger partial charge in [0, 0.05) is 5.75 Å². The second-order valence-electron chi connectivity index (χ2n) is 6.52. The second-order valence-corrected chi connectivity index (χ2v) is 7.62.